The third kappa shape index (κ3) is 2.07. The molecule has 0 aliphatic heterocycles. The summed E-state index contributed by atoms with van der Waals surface area (Å²) in [6.07, 6.45) is 3.40. The van der Waals surface area contributed by atoms with E-state index in [1.807, 2.05) is 0 Å². The molecule has 1 aromatic heterocycles. The number of nitrogens with zero attached hydrogens (tertiary/aromatic N) is 1. The zero-order valence-corrected chi connectivity index (χ0v) is 13.4. The van der Waals surface area contributed by atoms with E-state index in [0.717, 1.165) is 18.4 Å². The van der Waals surface area contributed by atoms with Gasteiger partial charge in [-0.05, 0) is 42.3 Å². The molecule has 1 aliphatic carbocycles. The molecule has 2 heteroatoms. The topological polar surface area (TPSA) is 24.9 Å². The molecule has 0 unspecified atom stereocenters. The number of para-hydroxylation sites is 1. The molecule has 0 spiro atoms. The second kappa shape index (κ2) is 5.34. The van der Waals surface area contributed by atoms with Crippen LogP contribution in [0, 0.1) is 0 Å². The fourth-order valence-corrected chi connectivity index (χ4v) is 3.82. The average Bonchev–Trinajstić information content (AvgIpc) is 3.10. The van der Waals surface area contributed by atoms with Crippen LogP contribution < -0.4 is 5.32 Å². The number of anilines is 2. The van der Waals surface area contributed by atoms with Crippen molar-refractivity contribution in [3.05, 3.63) is 78.0 Å². The number of benzene rings is 3. The first-order valence-corrected chi connectivity index (χ1v) is 8.55. The van der Waals surface area contributed by atoms with Crippen molar-refractivity contribution in [1.82, 2.24) is 4.98 Å². The fourth-order valence-electron chi connectivity index (χ4n) is 3.82. The Labute approximate surface area is 141 Å². The van der Waals surface area contributed by atoms with E-state index in [-0.39, 0.29) is 0 Å². The minimum Gasteiger partial charge on any atom is -0.354 e. The molecule has 1 aliphatic rings. The minimum atomic E-state index is 1.08. The zero-order valence-electron chi connectivity index (χ0n) is 13.4. The van der Waals surface area contributed by atoms with Crippen molar-refractivity contribution in [2.45, 2.75) is 19.3 Å². The SMILES string of the molecule is c1ccc2c(Nc3c4c(nc5ccccc35)CCC4)cccc2c1. The summed E-state index contributed by atoms with van der Waals surface area (Å²) in [6, 6.07) is 23.4. The lowest BCUT2D eigenvalue weighted by atomic mass is 10.0. The lowest BCUT2D eigenvalue weighted by Crippen LogP contribution is -2.00. The molecule has 1 heterocycles. The van der Waals surface area contributed by atoms with E-state index < -0.39 is 0 Å². The molecular weight excluding hydrogens is 292 g/mol. The summed E-state index contributed by atoms with van der Waals surface area (Å²) < 4.78 is 0. The number of rotatable bonds is 2. The van der Waals surface area contributed by atoms with Gasteiger partial charge in [0, 0.05) is 22.2 Å². The fraction of sp³-hybridized carbons (Fsp3) is 0.136. The summed E-state index contributed by atoms with van der Waals surface area (Å²) in [6.45, 7) is 0. The highest BCUT2D eigenvalue weighted by Crippen LogP contribution is 2.37. The van der Waals surface area contributed by atoms with Crippen LogP contribution in [-0.4, -0.2) is 4.98 Å². The highest BCUT2D eigenvalue weighted by atomic mass is 14.9. The number of nitrogens with one attached hydrogen (secondary N) is 1. The van der Waals surface area contributed by atoms with Crippen LogP contribution in [0.25, 0.3) is 21.7 Å². The monoisotopic (exact) mass is 310 g/mol. The van der Waals surface area contributed by atoms with Gasteiger partial charge in [0.05, 0.1) is 11.2 Å². The number of aromatic nitrogens is 1. The van der Waals surface area contributed by atoms with Crippen molar-refractivity contribution >= 4 is 33.1 Å². The van der Waals surface area contributed by atoms with Gasteiger partial charge in [-0.25, -0.2) is 0 Å². The van der Waals surface area contributed by atoms with Crippen molar-refractivity contribution in [3.63, 3.8) is 0 Å². The van der Waals surface area contributed by atoms with Crippen LogP contribution in [0.4, 0.5) is 11.4 Å². The highest BCUT2D eigenvalue weighted by molar-refractivity contribution is 6.01. The minimum absolute atomic E-state index is 1.08. The van der Waals surface area contributed by atoms with E-state index in [9.17, 15) is 0 Å². The lowest BCUT2D eigenvalue weighted by molar-refractivity contribution is 0.901. The summed E-state index contributed by atoms with van der Waals surface area (Å²) in [5.41, 5.74) is 6.14. The highest BCUT2D eigenvalue weighted by Gasteiger charge is 2.19. The number of aryl methyl sites for hydroxylation is 1. The first-order chi connectivity index (χ1) is 11.9. The van der Waals surface area contributed by atoms with Gasteiger partial charge in [0.15, 0.2) is 0 Å². The maximum atomic E-state index is 4.88. The Morgan fingerprint density at radius 3 is 2.50 bits per heavy atom. The van der Waals surface area contributed by atoms with Crippen LogP contribution in [0.2, 0.25) is 0 Å². The summed E-state index contributed by atoms with van der Waals surface area (Å²) in [5, 5.41) is 7.48. The van der Waals surface area contributed by atoms with Crippen LogP contribution in [0.5, 0.6) is 0 Å². The Bertz CT molecular complexity index is 1060. The maximum absolute atomic E-state index is 4.88. The number of hydrogen-bond donors (Lipinski definition) is 1. The Morgan fingerprint density at radius 1 is 0.750 bits per heavy atom. The van der Waals surface area contributed by atoms with E-state index >= 15 is 0 Å². The van der Waals surface area contributed by atoms with Crippen LogP contribution in [0.1, 0.15) is 17.7 Å². The predicted octanol–water partition coefficient (Wildman–Crippen LogP) is 5.62. The first kappa shape index (κ1) is 13.6. The van der Waals surface area contributed by atoms with Gasteiger partial charge in [0.2, 0.25) is 0 Å². The van der Waals surface area contributed by atoms with Gasteiger partial charge in [0.25, 0.3) is 0 Å². The molecule has 0 saturated carbocycles. The van der Waals surface area contributed by atoms with Crippen molar-refractivity contribution in [2.24, 2.45) is 0 Å². The molecule has 0 fully saturated rings. The zero-order chi connectivity index (χ0) is 15.9. The molecule has 0 amide bonds. The molecule has 24 heavy (non-hydrogen) atoms. The number of pyridine rings is 1. The van der Waals surface area contributed by atoms with Crippen LogP contribution in [0.3, 0.4) is 0 Å². The average molecular weight is 310 g/mol. The predicted molar refractivity (Wildman–Crippen MR) is 101 cm³/mol. The van der Waals surface area contributed by atoms with Gasteiger partial charge in [-0.3, -0.25) is 4.98 Å². The van der Waals surface area contributed by atoms with Crippen LogP contribution in [0.15, 0.2) is 66.7 Å². The van der Waals surface area contributed by atoms with Gasteiger partial charge in [-0.1, -0.05) is 54.6 Å². The third-order valence-corrected chi connectivity index (χ3v) is 4.97. The van der Waals surface area contributed by atoms with Gasteiger partial charge in [-0.15, -0.1) is 0 Å². The number of fused-ring (bicyclic) bond motifs is 3. The van der Waals surface area contributed by atoms with Gasteiger partial charge >= 0.3 is 0 Å². The molecular formula is C22H18N2. The molecule has 5 rings (SSSR count). The van der Waals surface area contributed by atoms with Gasteiger partial charge < -0.3 is 5.32 Å². The van der Waals surface area contributed by atoms with Crippen LogP contribution in [-0.2, 0) is 12.8 Å². The number of hydrogen-bond acceptors (Lipinski definition) is 2. The van der Waals surface area contributed by atoms with E-state index in [4.69, 9.17) is 4.98 Å². The Hall–Kier alpha value is -2.87. The molecule has 0 saturated heterocycles. The lowest BCUT2D eigenvalue weighted by Gasteiger charge is -2.16. The molecule has 0 atom stereocenters. The Morgan fingerprint density at radius 2 is 1.54 bits per heavy atom. The second-order valence-corrected chi connectivity index (χ2v) is 6.43. The molecule has 2 nitrogen and oxygen atoms in total. The summed E-state index contributed by atoms with van der Waals surface area (Å²) in [7, 11) is 0. The van der Waals surface area contributed by atoms with Crippen molar-refractivity contribution in [3.8, 4) is 0 Å². The molecule has 0 bridgehead atoms. The summed E-state index contributed by atoms with van der Waals surface area (Å²) in [4.78, 5) is 4.88. The molecule has 0 radical (unpaired) electrons. The van der Waals surface area contributed by atoms with Crippen molar-refractivity contribution < 1.29 is 0 Å². The molecule has 116 valence electrons. The quantitative estimate of drug-likeness (QED) is 0.520. The van der Waals surface area contributed by atoms with Crippen molar-refractivity contribution in [1.29, 1.82) is 0 Å². The Kier molecular flexibility index (Phi) is 3.02. The summed E-state index contributed by atoms with van der Waals surface area (Å²) >= 11 is 0. The standard InChI is InChI=1S/C22H18N2/c1-2-9-16-15(7-1)8-5-13-19(16)24-22-17-10-3-4-12-20(17)23-21-14-6-11-18(21)22/h1-5,7-10,12-13H,6,11,14H2,(H,23,24). The Balaban J connectivity index is 1.75. The maximum Gasteiger partial charge on any atom is 0.0726 e. The van der Waals surface area contributed by atoms with Gasteiger partial charge in [-0.2, -0.15) is 0 Å². The smallest absolute Gasteiger partial charge is 0.0726 e. The van der Waals surface area contributed by atoms with Gasteiger partial charge in [0.1, 0.15) is 0 Å². The third-order valence-electron chi connectivity index (χ3n) is 4.97. The summed E-state index contributed by atoms with van der Waals surface area (Å²) in [5.74, 6) is 0. The van der Waals surface area contributed by atoms with Crippen LogP contribution >= 0.6 is 0 Å². The molecule has 1 N–H and O–H groups in total. The van der Waals surface area contributed by atoms with E-state index in [0.29, 0.717) is 0 Å². The first-order valence-electron chi connectivity index (χ1n) is 8.55. The van der Waals surface area contributed by atoms with E-state index in [1.165, 1.54) is 45.2 Å². The largest absolute Gasteiger partial charge is 0.354 e. The molecule has 4 aromatic rings. The molecule has 3 aromatic carbocycles. The normalized spacial score (nSPS) is 13.3. The second-order valence-electron chi connectivity index (χ2n) is 6.43. The van der Waals surface area contributed by atoms with E-state index in [2.05, 4.69) is 72.0 Å². The van der Waals surface area contributed by atoms with E-state index in [1.54, 1.807) is 0 Å². The van der Waals surface area contributed by atoms with Crippen molar-refractivity contribution in [2.75, 3.05) is 5.32 Å².